The largest absolute Gasteiger partial charge is 0.313 e. The fraction of sp³-hybridized carbons (Fsp3) is 0. The minimum Gasteiger partial charge on any atom is -0.313 e. The van der Waals surface area contributed by atoms with Gasteiger partial charge in [-0.3, -0.25) is 9.59 Å². The van der Waals surface area contributed by atoms with Gasteiger partial charge in [0.2, 0.25) is 0 Å². The third-order valence-corrected chi connectivity index (χ3v) is 1.80. The fourth-order valence-electron chi connectivity index (χ4n) is 1.16. The number of rotatable bonds is 1. The Morgan fingerprint density at radius 1 is 1.38 bits per heavy atom. The Morgan fingerprint density at radius 2 is 2.23 bits per heavy atom. The third-order valence-electron chi connectivity index (χ3n) is 1.80. The zero-order valence-corrected chi connectivity index (χ0v) is 6.65. The Labute approximate surface area is 73.2 Å². The number of nitrogens with one attached hydrogen (secondary N) is 1. The second-order valence-electron chi connectivity index (χ2n) is 2.63. The van der Waals surface area contributed by atoms with Crippen LogP contribution in [0.5, 0.6) is 0 Å². The van der Waals surface area contributed by atoms with Crippen LogP contribution in [0.15, 0.2) is 29.3 Å². The van der Waals surface area contributed by atoms with Crippen LogP contribution < -0.4 is 5.56 Å². The lowest BCUT2D eigenvalue weighted by Crippen LogP contribution is -2.06. The van der Waals surface area contributed by atoms with Crippen molar-refractivity contribution in [3.63, 3.8) is 0 Å². The first-order valence-corrected chi connectivity index (χ1v) is 3.74. The molecule has 13 heavy (non-hydrogen) atoms. The van der Waals surface area contributed by atoms with Gasteiger partial charge < -0.3 is 4.98 Å². The minimum absolute atomic E-state index is 0.228. The molecule has 0 atom stereocenters. The molecule has 4 nitrogen and oxygen atoms in total. The topological polar surface area (TPSA) is 62.8 Å². The first-order valence-electron chi connectivity index (χ1n) is 3.74. The number of aromatic nitrogens is 2. The Hall–Kier alpha value is -1.97. The molecule has 0 bridgehead atoms. The molecule has 1 N–H and O–H groups in total. The molecule has 0 saturated heterocycles. The Morgan fingerprint density at radius 3 is 3.00 bits per heavy atom. The zero-order valence-electron chi connectivity index (χ0n) is 6.65. The highest BCUT2D eigenvalue weighted by Gasteiger charge is 1.99. The van der Waals surface area contributed by atoms with Crippen molar-refractivity contribution in [2.45, 2.75) is 0 Å². The standard InChI is InChI=1S/C9H6N2O2/c12-4-6-1-2-8-7(3-6)9(13)11-5-10-8/h1-5H,(H,10,11,13). The van der Waals surface area contributed by atoms with E-state index in [0.717, 1.165) is 0 Å². The molecule has 0 saturated carbocycles. The number of fused-ring (bicyclic) bond motifs is 1. The van der Waals surface area contributed by atoms with Crippen molar-refractivity contribution < 1.29 is 4.79 Å². The number of carbonyl (C=O) groups excluding carboxylic acids is 1. The molecule has 0 amide bonds. The van der Waals surface area contributed by atoms with E-state index in [-0.39, 0.29) is 5.56 Å². The van der Waals surface area contributed by atoms with Crippen LogP contribution in [-0.4, -0.2) is 16.3 Å². The second-order valence-corrected chi connectivity index (χ2v) is 2.63. The number of nitrogens with zero attached hydrogens (tertiary/aromatic N) is 1. The van der Waals surface area contributed by atoms with Crippen molar-refractivity contribution in [3.8, 4) is 0 Å². The molecule has 0 aliphatic heterocycles. The van der Waals surface area contributed by atoms with Crippen molar-refractivity contribution in [2.24, 2.45) is 0 Å². The summed E-state index contributed by atoms with van der Waals surface area (Å²) in [6.45, 7) is 0. The summed E-state index contributed by atoms with van der Waals surface area (Å²) in [5.41, 5.74) is 0.842. The zero-order chi connectivity index (χ0) is 9.26. The molecule has 64 valence electrons. The molecule has 0 aliphatic rings. The summed E-state index contributed by atoms with van der Waals surface area (Å²) in [4.78, 5) is 28.1. The molecular weight excluding hydrogens is 168 g/mol. The van der Waals surface area contributed by atoms with Gasteiger partial charge in [0.15, 0.2) is 0 Å². The molecule has 0 radical (unpaired) electrons. The minimum atomic E-state index is -0.228. The van der Waals surface area contributed by atoms with Crippen LogP contribution in [0.25, 0.3) is 10.9 Å². The number of aldehydes is 1. The number of benzene rings is 1. The van der Waals surface area contributed by atoms with E-state index in [1.54, 1.807) is 12.1 Å². The van der Waals surface area contributed by atoms with Crippen LogP contribution in [0.1, 0.15) is 10.4 Å². The summed E-state index contributed by atoms with van der Waals surface area (Å²) in [6, 6.07) is 4.80. The van der Waals surface area contributed by atoms with E-state index >= 15 is 0 Å². The number of H-pyrrole nitrogens is 1. The van der Waals surface area contributed by atoms with Gasteiger partial charge in [0.1, 0.15) is 6.29 Å². The van der Waals surface area contributed by atoms with E-state index in [1.165, 1.54) is 12.4 Å². The van der Waals surface area contributed by atoms with Crippen LogP contribution in [0.3, 0.4) is 0 Å². The predicted molar refractivity (Wildman–Crippen MR) is 47.8 cm³/mol. The number of hydrogen-bond acceptors (Lipinski definition) is 3. The van der Waals surface area contributed by atoms with Gasteiger partial charge in [0.25, 0.3) is 5.56 Å². The van der Waals surface area contributed by atoms with Crippen molar-refractivity contribution >= 4 is 17.2 Å². The average Bonchev–Trinajstić information content (AvgIpc) is 2.18. The van der Waals surface area contributed by atoms with E-state index < -0.39 is 0 Å². The van der Waals surface area contributed by atoms with Crippen LogP contribution in [-0.2, 0) is 0 Å². The van der Waals surface area contributed by atoms with Crippen LogP contribution in [0.2, 0.25) is 0 Å². The molecule has 1 heterocycles. The summed E-state index contributed by atoms with van der Waals surface area (Å²) in [6.07, 6.45) is 2.04. The lowest BCUT2D eigenvalue weighted by molar-refractivity contribution is 0.112. The van der Waals surface area contributed by atoms with E-state index in [4.69, 9.17) is 0 Å². The summed E-state index contributed by atoms with van der Waals surface area (Å²) < 4.78 is 0. The highest BCUT2D eigenvalue weighted by Crippen LogP contribution is 2.06. The maximum atomic E-state index is 11.2. The molecule has 0 unspecified atom stereocenters. The van der Waals surface area contributed by atoms with E-state index in [2.05, 4.69) is 9.97 Å². The van der Waals surface area contributed by atoms with Gasteiger partial charge in [-0.05, 0) is 18.2 Å². The summed E-state index contributed by atoms with van der Waals surface area (Å²) in [7, 11) is 0. The molecule has 1 aromatic heterocycles. The molecule has 0 spiro atoms. The van der Waals surface area contributed by atoms with E-state index in [0.29, 0.717) is 22.8 Å². The fourth-order valence-corrected chi connectivity index (χ4v) is 1.16. The summed E-state index contributed by atoms with van der Waals surface area (Å²) in [5, 5.41) is 0.437. The highest BCUT2D eigenvalue weighted by molar-refractivity contribution is 5.85. The van der Waals surface area contributed by atoms with Crippen molar-refractivity contribution in [1.82, 2.24) is 9.97 Å². The molecule has 0 fully saturated rings. The summed E-state index contributed by atoms with van der Waals surface area (Å²) >= 11 is 0. The van der Waals surface area contributed by atoms with E-state index in [1.807, 2.05) is 0 Å². The predicted octanol–water partition coefficient (Wildman–Crippen LogP) is 0.736. The van der Waals surface area contributed by atoms with Gasteiger partial charge in [-0.1, -0.05) is 0 Å². The van der Waals surface area contributed by atoms with E-state index in [9.17, 15) is 9.59 Å². The molecule has 2 rings (SSSR count). The lowest BCUT2D eigenvalue weighted by atomic mass is 10.2. The molecule has 0 aliphatic carbocycles. The Kier molecular flexibility index (Phi) is 1.66. The van der Waals surface area contributed by atoms with Crippen LogP contribution >= 0.6 is 0 Å². The molecule has 4 heteroatoms. The quantitative estimate of drug-likeness (QED) is 0.648. The first kappa shape index (κ1) is 7.67. The second kappa shape index (κ2) is 2.82. The van der Waals surface area contributed by atoms with Crippen LogP contribution in [0.4, 0.5) is 0 Å². The maximum Gasteiger partial charge on any atom is 0.258 e. The van der Waals surface area contributed by atoms with Gasteiger partial charge in [-0.2, -0.15) is 0 Å². The lowest BCUT2D eigenvalue weighted by Gasteiger charge is -1.94. The number of carbonyl (C=O) groups is 1. The molecule has 2 aromatic rings. The van der Waals surface area contributed by atoms with Gasteiger partial charge in [0.05, 0.1) is 17.2 Å². The third kappa shape index (κ3) is 1.22. The van der Waals surface area contributed by atoms with Crippen molar-refractivity contribution in [3.05, 3.63) is 40.4 Å². The van der Waals surface area contributed by atoms with Gasteiger partial charge in [-0.15, -0.1) is 0 Å². The van der Waals surface area contributed by atoms with Gasteiger partial charge >= 0.3 is 0 Å². The monoisotopic (exact) mass is 174 g/mol. The highest BCUT2D eigenvalue weighted by atomic mass is 16.1. The van der Waals surface area contributed by atoms with Gasteiger partial charge in [-0.25, -0.2) is 4.98 Å². The number of hydrogen-bond donors (Lipinski definition) is 1. The summed E-state index contributed by atoms with van der Waals surface area (Å²) in [5.74, 6) is 0. The SMILES string of the molecule is O=Cc1ccc2nc[nH]c(=O)c2c1. The number of aromatic amines is 1. The Balaban J connectivity index is 2.90. The maximum absolute atomic E-state index is 11.2. The average molecular weight is 174 g/mol. The smallest absolute Gasteiger partial charge is 0.258 e. The normalized spacial score (nSPS) is 10.2. The molecule has 1 aromatic carbocycles. The molecular formula is C9H6N2O2. The van der Waals surface area contributed by atoms with Crippen molar-refractivity contribution in [2.75, 3.05) is 0 Å². The van der Waals surface area contributed by atoms with Crippen LogP contribution in [0, 0.1) is 0 Å². The van der Waals surface area contributed by atoms with Crippen molar-refractivity contribution in [1.29, 1.82) is 0 Å². The Bertz CT molecular complexity index is 516. The first-order chi connectivity index (χ1) is 6.31. The van der Waals surface area contributed by atoms with Gasteiger partial charge in [0, 0.05) is 5.56 Å².